The molecule has 3 N–H and O–H groups in total. The third kappa shape index (κ3) is 9.28. The standard InChI is InChI=1S/C22H31N5O4S.C2HF3O2/c1-4-5-11-26(2)22(28)20-14-17(16-24-21(20)27-12-9-23-10-13-27)25-32(29,30)19-8-6-7-18(15-19)31-3;3-2(4,5)1(6)7/h6-8,14-16,23,25H,4-5,9-13H2,1-3H3;(H,6,7). The highest BCUT2D eigenvalue weighted by Gasteiger charge is 2.38. The van der Waals surface area contributed by atoms with E-state index < -0.39 is 22.2 Å². The van der Waals surface area contributed by atoms with Crippen LogP contribution in [-0.2, 0) is 14.8 Å². The van der Waals surface area contributed by atoms with Gasteiger partial charge in [0.15, 0.2) is 0 Å². The number of benzene rings is 1. The van der Waals surface area contributed by atoms with Crippen molar-refractivity contribution in [2.75, 3.05) is 56.5 Å². The Labute approximate surface area is 225 Å². The summed E-state index contributed by atoms with van der Waals surface area (Å²) in [6, 6.07) is 7.78. The number of carboxylic acids is 1. The minimum absolute atomic E-state index is 0.0657. The number of aliphatic carboxylic acids is 1. The van der Waals surface area contributed by atoms with E-state index >= 15 is 0 Å². The van der Waals surface area contributed by atoms with Gasteiger partial charge in [-0.3, -0.25) is 9.52 Å². The Balaban J connectivity index is 0.000000673. The zero-order chi connectivity index (χ0) is 29.2. The van der Waals surface area contributed by atoms with Crippen LogP contribution in [0.15, 0.2) is 41.4 Å². The van der Waals surface area contributed by atoms with E-state index in [0.29, 0.717) is 23.7 Å². The van der Waals surface area contributed by atoms with Gasteiger partial charge in [0.25, 0.3) is 15.9 Å². The molecule has 1 fully saturated rings. The lowest BCUT2D eigenvalue weighted by molar-refractivity contribution is -0.192. The molecule has 1 aliphatic heterocycles. The van der Waals surface area contributed by atoms with E-state index in [2.05, 4.69) is 26.8 Å². The average Bonchev–Trinajstić information content (AvgIpc) is 2.91. The first-order chi connectivity index (χ1) is 18.3. The summed E-state index contributed by atoms with van der Waals surface area (Å²) in [5.74, 6) is -1.92. The van der Waals surface area contributed by atoms with E-state index in [4.69, 9.17) is 14.6 Å². The molecule has 1 aromatic heterocycles. The SMILES string of the molecule is CCCCN(C)C(=O)c1cc(NS(=O)(=O)c2cccc(OC)c2)cnc1N1CCNCC1.O=C(O)C(F)(F)F. The fourth-order valence-electron chi connectivity index (χ4n) is 3.48. The third-order valence-corrected chi connectivity index (χ3v) is 6.93. The lowest BCUT2D eigenvalue weighted by atomic mass is 10.1. The number of alkyl halides is 3. The molecule has 15 heteroatoms. The molecule has 0 atom stereocenters. The molecule has 0 aliphatic carbocycles. The highest BCUT2D eigenvalue weighted by atomic mass is 32.2. The number of hydrogen-bond acceptors (Lipinski definition) is 8. The fourth-order valence-corrected chi connectivity index (χ4v) is 4.55. The largest absolute Gasteiger partial charge is 0.497 e. The third-order valence-electron chi connectivity index (χ3n) is 5.55. The Morgan fingerprint density at radius 2 is 1.87 bits per heavy atom. The van der Waals surface area contributed by atoms with Gasteiger partial charge in [-0.1, -0.05) is 19.4 Å². The molecule has 0 saturated carbocycles. The molecule has 1 amide bonds. The number of hydrogen-bond donors (Lipinski definition) is 3. The van der Waals surface area contributed by atoms with Crippen molar-refractivity contribution in [3.63, 3.8) is 0 Å². The number of unbranched alkanes of at least 4 members (excludes halogenated alkanes) is 1. The maximum Gasteiger partial charge on any atom is 0.490 e. The second-order valence-corrected chi connectivity index (χ2v) is 10.2. The summed E-state index contributed by atoms with van der Waals surface area (Å²) >= 11 is 0. The fraction of sp³-hybridized carbons (Fsp3) is 0.458. The molecule has 2 aromatic rings. The number of carboxylic acid groups (broad SMARTS) is 1. The number of aromatic nitrogens is 1. The number of pyridine rings is 1. The summed E-state index contributed by atoms with van der Waals surface area (Å²) in [4.78, 5) is 30.4. The van der Waals surface area contributed by atoms with Crippen LogP contribution in [0.25, 0.3) is 0 Å². The second kappa shape index (κ2) is 14.0. The van der Waals surface area contributed by atoms with Crippen LogP contribution >= 0.6 is 0 Å². The van der Waals surface area contributed by atoms with Crippen LogP contribution in [0.4, 0.5) is 24.7 Å². The van der Waals surface area contributed by atoms with Crippen molar-refractivity contribution in [3.8, 4) is 5.75 Å². The number of rotatable bonds is 9. The second-order valence-electron chi connectivity index (χ2n) is 8.50. The molecule has 1 saturated heterocycles. The highest BCUT2D eigenvalue weighted by Crippen LogP contribution is 2.26. The number of sulfonamides is 1. The van der Waals surface area contributed by atoms with Crippen molar-refractivity contribution < 1.29 is 41.0 Å². The van der Waals surface area contributed by atoms with E-state index in [1.165, 1.54) is 25.4 Å². The quantitative estimate of drug-likeness (QED) is 0.412. The number of ether oxygens (including phenoxy) is 1. The van der Waals surface area contributed by atoms with Crippen molar-refractivity contribution in [2.45, 2.75) is 30.8 Å². The lowest BCUT2D eigenvalue weighted by Crippen LogP contribution is -2.45. The van der Waals surface area contributed by atoms with Gasteiger partial charge in [-0.25, -0.2) is 18.2 Å². The minimum Gasteiger partial charge on any atom is -0.497 e. The molecule has 0 bridgehead atoms. The van der Waals surface area contributed by atoms with E-state index in [0.717, 1.165) is 39.0 Å². The predicted octanol–water partition coefficient (Wildman–Crippen LogP) is 2.81. The summed E-state index contributed by atoms with van der Waals surface area (Å²) in [7, 11) is -0.645. The van der Waals surface area contributed by atoms with E-state index in [1.807, 2.05) is 0 Å². The van der Waals surface area contributed by atoms with Gasteiger partial charge in [0.2, 0.25) is 0 Å². The summed E-state index contributed by atoms with van der Waals surface area (Å²) in [6.07, 6.45) is -1.76. The molecule has 216 valence electrons. The van der Waals surface area contributed by atoms with Crippen molar-refractivity contribution >= 4 is 33.4 Å². The van der Waals surface area contributed by atoms with E-state index in [9.17, 15) is 26.4 Å². The molecule has 39 heavy (non-hydrogen) atoms. The minimum atomic E-state index is -5.08. The van der Waals surface area contributed by atoms with Crippen LogP contribution in [0.2, 0.25) is 0 Å². The van der Waals surface area contributed by atoms with Crippen LogP contribution in [0.5, 0.6) is 5.75 Å². The summed E-state index contributed by atoms with van der Waals surface area (Å²) in [5, 5.41) is 10.4. The number of anilines is 2. The zero-order valence-electron chi connectivity index (χ0n) is 21.8. The maximum absolute atomic E-state index is 13.2. The van der Waals surface area contributed by atoms with Crippen LogP contribution in [-0.4, -0.2) is 88.3 Å². The summed E-state index contributed by atoms with van der Waals surface area (Å²) < 4.78 is 65.2. The van der Waals surface area contributed by atoms with Gasteiger partial charge in [0, 0.05) is 45.8 Å². The topological polar surface area (TPSA) is 141 Å². The van der Waals surface area contributed by atoms with Gasteiger partial charge in [-0.2, -0.15) is 13.2 Å². The molecule has 0 radical (unpaired) electrons. The molecule has 0 unspecified atom stereocenters. The van der Waals surface area contributed by atoms with Gasteiger partial charge < -0.3 is 25.0 Å². The summed E-state index contributed by atoms with van der Waals surface area (Å²) in [6.45, 7) is 5.73. The van der Waals surface area contributed by atoms with Crippen molar-refractivity contribution in [1.82, 2.24) is 15.2 Å². The van der Waals surface area contributed by atoms with Gasteiger partial charge in [-0.15, -0.1) is 0 Å². The number of nitrogens with one attached hydrogen (secondary N) is 2. The Morgan fingerprint density at radius 1 is 1.23 bits per heavy atom. The number of methoxy groups -OCH3 is 1. The Bertz CT molecular complexity index is 1240. The first-order valence-electron chi connectivity index (χ1n) is 12.0. The van der Waals surface area contributed by atoms with Gasteiger partial charge >= 0.3 is 12.1 Å². The number of carbonyl (C=O) groups is 2. The predicted molar refractivity (Wildman–Crippen MR) is 139 cm³/mol. The van der Waals surface area contributed by atoms with Crippen LogP contribution in [0.3, 0.4) is 0 Å². The Morgan fingerprint density at radius 3 is 2.44 bits per heavy atom. The van der Waals surface area contributed by atoms with Crippen molar-refractivity contribution in [3.05, 3.63) is 42.1 Å². The van der Waals surface area contributed by atoms with Crippen LogP contribution < -0.4 is 19.7 Å². The number of nitrogens with zero attached hydrogens (tertiary/aromatic N) is 3. The molecular weight excluding hydrogens is 543 g/mol. The van der Waals surface area contributed by atoms with Gasteiger partial charge in [-0.05, 0) is 24.6 Å². The first-order valence-corrected chi connectivity index (χ1v) is 13.5. The van der Waals surface area contributed by atoms with Crippen molar-refractivity contribution in [1.29, 1.82) is 0 Å². The molecule has 1 aliphatic rings. The first kappa shape index (κ1) is 31.6. The molecule has 11 nitrogen and oxygen atoms in total. The van der Waals surface area contributed by atoms with Crippen LogP contribution in [0.1, 0.15) is 30.1 Å². The van der Waals surface area contributed by atoms with E-state index in [1.54, 1.807) is 30.1 Å². The molecule has 1 aromatic carbocycles. The molecule has 0 spiro atoms. The number of amides is 1. The Kier molecular flexibility index (Phi) is 11.3. The summed E-state index contributed by atoms with van der Waals surface area (Å²) in [5.41, 5.74) is 0.621. The maximum atomic E-state index is 13.2. The number of piperazine rings is 1. The number of carbonyl (C=O) groups excluding carboxylic acids is 1. The highest BCUT2D eigenvalue weighted by molar-refractivity contribution is 7.92. The number of halogens is 3. The lowest BCUT2D eigenvalue weighted by Gasteiger charge is -2.30. The Hall–Kier alpha value is -3.59. The average molecular weight is 576 g/mol. The smallest absolute Gasteiger partial charge is 0.490 e. The molecular formula is C24H32F3N5O6S. The monoisotopic (exact) mass is 575 g/mol. The van der Waals surface area contributed by atoms with Gasteiger partial charge in [0.1, 0.15) is 11.6 Å². The normalized spacial score (nSPS) is 13.6. The van der Waals surface area contributed by atoms with Crippen molar-refractivity contribution in [2.24, 2.45) is 0 Å². The van der Waals surface area contributed by atoms with Crippen LogP contribution in [0, 0.1) is 0 Å². The zero-order valence-corrected chi connectivity index (χ0v) is 22.6. The van der Waals surface area contributed by atoms with E-state index in [-0.39, 0.29) is 16.5 Å². The molecule has 3 rings (SSSR count). The molecule has 2 heterocycles. The van der Waals surface area contributed by atoms with Gasteiger partial charge in [0.05, 0.1) is 29.5 Å².